The second-order valence-corrected chi connectivity index (χ2v) is 6.82. The van der Waals surface area contributed by atoms with Crippen molar-refractivity contribution in [1.82, 2.24) is 20.1 Å². The van der Waals surface area contributed by atoms with Gasteiger partial charge in [-0.05, 0) is 37.9 Å². The summed E-state index contributed by atoms with van der Waals surface area (Å²) in [6, 6.07) is 3.65. The highest BCUT2D eigenvalue weighted by Gasteiger charge is 2.32. The third kappa shape index (κ3) is 9.83. The van der Waals surface area contributed by atoms with E-state index >= 15 is 0 Å². The Hall–Kier alpha value is -1.30. The molecule has 0 saturated carbocycles. The number of alkyl halides is 3. The van der Waals surface area contributed by atoms with Gasteiger partial charge < -0.3 is 15.0 Å². The summed E-state index contributed by atoms with van der Waals surface area (Å²) in [7, 11) is 0. The zero-order chi connectivity index (χ0) is 20.4. The number of aliphatic imine (C=N–C) groups is 1. The molecule has 29 heavy (non-hydrogen) atoms. The smallest absolute Gasteiger partial charge is 0.401 e. The highest BCUT2D eigenvalue weighted by Crippen LogP contribution is 2.21. The lowest BCUT2D eigenvalue weighted by Gasteiger charge is -2.26. The van der Waals surface area contributed by atoms with E-state index in [2.05, 4.69) is 20.2 Å². The number of halogens is 4. The van der Waals surface area contributed by atoms with Gasteiger partial charge in [-0.25, -0.2) is 4.99 Å². The molecule has 0 aromatic carbocycles. The Kier molecular flexibility index (Phi) is 11.6. The largest absolute Gasteiger partial charge is 0.490 e. The van der Waals surface area contributed by atoms with Crippen molar-refractivity contribution in [3.63, 3.8) is 0 Å². The number of guanidine groups is 1. The molecule has 0 amide bonds. The molecule has 1 aromatic rings. The molecule has 1 aromatic heterocycles. The van der Waals surface area contributed by atoms with Gasteiger partial charge in [0.05, 0.1) is 19.3 Å². The molecule has 1 N–H and O–H groups in total. The number of rotatable bonds is 9. The van der Waals surface area contributed by atoms with Crippen LogP contribution in [0.15, 0.2) is 29.5 Å². The maximum atomic E-state index is 12.7. The number of aromatic nitrogens is 1. The number of hydrogen-bond acceptors (Lipinski definition) is 4. The fraction of sp³-hybridized carbons (Fsp3) is 0.684. The average molecular weight is 529 g/mol. The van der Waals surface area contributed by atoms with E-state index in [1.54, 1.807) is 19.3 Å². The van der Waals surface area contributed by atoms with Crippen molar-refractivity contribution in [2.75, 3.05) is 52.4 Å². The van der Waals surface area contributed by atoms with Crippen molar-refractivity contribution in [2.24, 2.45) is 10.9 Å². The zero-order valence-electron chi connectivity index (χ0n) is 17.0. The van der Waals surface area contributed by atoms with Crippen LogP contribution in [-0.2, 0) is 0 Å². The standard InChI is InChI=1S/C19H30F3N5O.HI/c1-3-24-18(25-9-11-28-17-6-5-8-23-12-17)27-10-7-16(14-27)13-26(4-2)15-19(20,21)22;/h5-6,8,12,16H,3-4,7,9-11,13-15H2,1-2H3,(H,24,25);1H. The fourth-order valence-corrected chi connectivity index (χ4v) is 3.27. The molecule has 1 atom stereocenters. The van der Waals surface area contributed by atoms with Crippen molar-refractivity contribution < 1.29 is 17.9 Å². The Labute approximate surface area is 187 Å². The van der Waals surface area contributed by atoms with E-state index in [4.69, 9.17) is 4.74 Å². The predicted molar refractivity (Wildman–Crippen MR) is 119 cm³/mol. The molecule has 0 radical (unpaired) electrons. The predicted octanol–water partition coefficient (Wildman–Crippen LogP) is 3.25. The molecule has 2 heterocycles. The fourth-order valence-electron chi connectivity index (χ4n) is 3.27. The van der Waals surface area contributed by atoms with Gasteiger partial charge in [-0.3, -0.25) is 9.88 Å². The Morgan fingerprint density at radius 3 is 2.83 bits per heavy atom. The van der Waals surface area contributed by atoms with E-state index in [-0.39, 0.29) is 29.9 Å². The lowest BCUT2D eigenvalue weighted by atomic mass is 10.1. The first-order valence-electron chi connectivity index (χ1n) is 9.76. The second kappa shape index (κ2) is 13.1. The Bertz CT molecular complexity index is 603. The van der Waals surface area contributed by atoms with Gasteiger partial charge in [0.25, 0.3) is 0 Å². The van der Waals surface area contributed by atoms with Crippen LogP contribution in [0.4, 0.5) is 13.2 Å². The molecular formula is C19H31F3IN5O. The molecule has 10 heteroatoms. The molecule has 0 spiro atoms. The van der Waals surface area contributed by atoms with Crippen molar-refractivity contribution in [2.45, 2.75) is 26.4 Å². The number of nitrogens with one attached hydrogen (secondary N) is 1. The Morgan fingerprint density at radius 1 is 1.41 bits per heavy atom. The maximum absolute atomic E-state index is 12.7. The zero-order valence-corrected chi connectivity index (χ0v) is 19.3. The molecule has 6 nitrogen and oxygen atoms in total. The molecular weight excluding hydrogens is 498 g/mol. The van der Waals surface area contributed by atoms with Gasteiger partial charge in [-0.15, -0.1) is 24.0 Å². The monoisotopic (exact) mass is 529 g/mol. The summed E-state index contributed by atoms with van der Waals surface area (Å²) in [6.07, 6.45) is 0.0524. The van der Waals surface area contributed by atoms with Crippen LogP contribution in [0.1, 0.15) is 20.3 Å². The normalized spacial score (nSPS) is 17.4. The van der Waals surface area contributed by atoms with E-state index in [0.29, 0.717) is 38.5 Å². The van der Waals surface area contributed by atoms with Crippen LogP contribution in [0.5, 0.6) is 5.75 Å². The Balaban J connectivity index is 0.00000420. The van der Waals surface area contributed by atoms with E-state index in [0.717, 1.165) is 25.5 Å². The quantitative estimate of drug-likeness (QED) is 0.231. The number of ether oxygens (including phenoxy) is 1. The van der Waals surface area contributed by atoms with Crippen LogP contribution in [-0.4, -0.2) is 79.3 Å². The lowest BCUT2D eigenvalue weighted by molar-refractivity contribution is -0.146. The molecule has 1 aliphatic heterocycles. The summed E-state index contributed by atoms with van der Waals surface area (Å²) in [6.45, 7) is 6.95. The van der Waals surface area contributed by atoms with E-state index < -0.39 is 12.7 Å². The van der Waals surface area contributed by atoms with Gasteiger partial charge in [-0.2, -0.15) is 13.2 Å². The van der Waals surface area contributed by atoms with Crippen molar-refractivity contribution in [3.05, 3.63) is 24.5 Å². The van der Waals surface area contributed by atoms with Gasteiger partial charge in [0, 0.05) is 32.4 Å². The van der Waals surface area contributed by atoms with E-state index in [1.165, 1.54) is 4.90 Å². The number of likely N-dealkylation sites (tertiary alicyclic amines) is 1. The summed E-state index contributed by atoms with van der Waals surface area (Å²) in [5.41, 5.74) is 0. The minimum absolute atomic E-state index is 0. The molecule has 1 saturated heterocycles. The highest BCUT2D eigenvalue weighted by atomic mass is 127. The molecule has 0 bridgehead atoms. The van der Waals surface area contributed by atoms with Crippen LogP contribution in [0.3, 0.4) is 0 Å². The summed E-state index contributed by atoms with van der Waals surface area (Å²) in [4.78, 5) is 12.2. The van der Waals surface area contributed by atoms with Gasteiger partial charge in [0.2, 0.25) is 0 Å². The van der Waals surface area contributed by atoms with Crippen LogP contribution in [0, 0.1) is 5.92 Å². The topological polar surface area (TPSA) is 53.0 Å². The van der Waals surface area contributed by atoms with E-state index in [9.17, 15) is 13.2 Å². The molecule has 1 aliphatic rings. The molecule has 1 fully saturated rings. The summed E-state index contributed by atoms with van der Waals surface area (Å²) < 4.78 is 43.6. The minimum atomic E-state index is -4.15. The average Bonchev–Trinajstić information content (AvgIpc) is 3.12. The van der Waals surface area contributed by atoms with Gasteiger partial charge in [-0.1, -0.05) is 6.92 Å². The number of hydrogen-bond donors (Lipinski definition) is 1. The van der Waals surface area contributed by atoms with Crippen LogP contribution in [0.25, 0.3) is 0 Å². The van der Waals surface area contributed by atoms with Crippen molar-refractivity contribution >= 4 is 29.9 Å². The lowest BCUT2D eigenvalue weighted by Crippen LogP contribution is -2.42. The number of nitrogens with zero attached hydrogens (tertiary/aromatic N) is 4. The first-order chi connectivity index (χ1) is 13.4. The van der Waals surface area contributed by atoms with Crippen LogP contribution in [0.2, 0.25) is 0 Å². The van der Waals surface area contributed by atoms with Crippen LogP contribution < -0.4 is 10.1 Å². The van der Waals surface area contributed by atoms with E-state index in [1.807, 2.05) is 19.1 Å². The van der Waals surface area contributed by atoms with Gasteiger partial charge >= 0.3 is 6.18 Å². The summed E-state index contributed by atoms with van der Waals surface area (Å²) >= 11 is 0. The van der Waals surface area contributed by atoms with Crippen LogP contribution >= 0.6 is 24.0 Å². The molecule has 0 aliphatic carbocycles. The second-order valence-electron chi connectivity index (χ2n) is 6.82. The molecule has 166 valence electrons. The highest BCUT2D eigenvalue weighted by molar-refractivity contribution is 14.0. The maximum Gasteiger partial charge on any atom is 0.401 e. The molecule has 1 unspecified atom stereocenters. The first-order valence-corrected chi connectivity index (χ1v) is 9.76. The summed E-state index contributed by atoms with van der Waals surface area (Å²) in [5.74, 6) is 1.70. The van der Waals surface area contributed by atoms with Crippen molar-refractivity contribution in [1.29, 1.82) is 0 Å². The van der Waals surface area contributed by atoms with Crippen molar-refractivity contribution in [3.8, 4) is 5.75 Å². The minimum Gasteiger partial charge on any atom is -0.490 e. The van der Waals surface area contributed by atoms with Gasteiger partial charge in [0.1, 0.15) is 12.4 Å². The van der Waals surface area contributed by atoms with Gasteiger partial charge in [0.15, 0.2) is 5.96 Å². The molecule has 2 rings (SSSR count). The first kappa shape index (κ1) is 25.7. The Morgan fingerprint density at radius 2 is 2.21 bits per heavy atom. The SMILES string of the molecule is CCNC(=NCCOc1cccnc1)N1CCC(CN(CC)CC(F)(F)F)C1.I. The summed E-state index contributed by atoms with van der Waals surface area (Å²) in [5, 5.41) is 3.26. The third-order valence-corrected chi connectivity index (χ3v) is 4.54. The number of pyridine rings is 1. The third-order valence-electron chi connectivity index (χ3n) is 4.54.